The number of nitrogens with zero attached hydrogens (tertiary/aromatic N) is 1. The van der Waals surface area contributed by atoms with Gasteiger partial charge >= 0.3 is 0 Å². The lowest BCUT2D eigenvalue weighted by molar-refractivity contribution is -0.122. The van der Waals surface area contributed by atoms with E-state index in [0.717, 1.165) is 5.56 Å². The van der Waals surface area contributed by atoms with Gasteiger partial charge in [0.1, 0.15) is 21.6 Å². The first-order valence-corrected chi connectivity index (χ1v) is 9.82. The monoisotopic (exact) mass is 435 g/mol. The molecule has 8 heteroatoms. The van der Waals surface area contributed by atoms with Gasteiger partial charge in [-0.25, -0.2) is 0 Å². The molecule has 136 valence electrons. The predicted octanol–water partition coefficient (Wildman–Crippen LogP) is 6.25. The molecular formula is C19H11Cl2NO3S2. The van der Waals surface area contributed by atoms with E-state index < -0.39 is 0 Å². The molecule has 0 atom stereocenters. The molecule has 3 aromatic rings. The average molecular weight is 436 g/mol. The van der Waals surface area contributed by atoms with Crippen molar-refractivity contribution in [2.75, 3.05) is 0 Å². The van der Waals surface area contributed by atoms with Crippen molar-refractivity contribution in [3.63, 3.8) is 0 Å². The normalized spacial score (nSPS) is 15.9. The van der Waals surface area contributed by atoms with Gasteiger partial charge in [-0.3, -0.25) is 9.69 Å². The second-order valence-electron chi connectivity index (χ2n) is 5.71. The van der Waals surface area contributed by atoms with Crippen molar-refractivity contribution >= 4 is 63.5 Å². The maximum atomic E-state index is 12.6. The number of hydrogen-bond acceptors (Lipinski definition) is 5. The first kappa shape index (κ1) is 18.4. The summed E-state index contributed by atoms with van der Waals surface area (Å²) >= 11 is 18.6. The van der Waals surface area contributed by atoms with Crippen molar-refractivity contribution in [3.05, 3.63) is 75.2 Å². The second-order valence-corrected chi connectivity index (χ2v) is 8.26. The molecule has 0 bridgehead atoms. The van der Waals surface area contributed by atoms with Crippen LogP contribution >= 0.6 is 47.2 Å². The average Bonchev–Trinajstić information content (AvgIpc) is 3.33. The number of halogens is 2. The Hall–Kier alpha value is -1.99. The van der Waals surface area contributed by atoms with E-state index in [9.17, 15) is 4.79 Å². The molecule has 3 heterocycles. The fourth-order valence-corrected chi connectivity index (χ4v) is 4.37. The number of amides is 1. The van der Waals surface area contributed by atoms with Crippen LogP contribution in [0.4, 0.5) is 0 Å². The molecule has 1 fully saturated rings. The highest BCUT2D eigenvalue weighted by Crippen LogP contribution is 2.35. The topological polar surface area (TPSA) is 46.6 Å². The van der Waals surface area contributed by atoms with Crippen molar-refractivity contribution < 1.29 is 13.6 Å². The third-order valence-electron chi connectivity index (χ3n) is 3.81. The van der Waals surface area contributed by atoms with Crippen molar-refractivity contribution in [1.82, 2.24) is 4.90 Å². The maximum Gasteiger partial charge on any atom is 0.266 e. The quantitative estimate of drug-likeness (QED) is 0.358. The van der Waals surface area contributed by atoms with E-state index >= 15 is 0 Å². The number of carbonyl (C=O) groups is 1. The lowest BCUT2D eigenvalue weighted by Gasteiger charge is -2.11. The SMILES string of the molecule is O=C1C(=Cc2ccc(-c3cc(Cl)cc(Cl)c3)o2)SC(=S)N1Cc1ccco1. The van der Waals surface area contributed by atoms with Gasteiger partial charge in [0.2, 0.25) is 0 Å². The summed E-state index contributed by atoms with van der Waals surface area (Å²) in [5.74, 6) is 1.65. The van der Waals surface area contributed by atoms with E-state index in [-0.39, 0.29) is 5.91 Å². The molecule has 27 heavy (non-hydrogen) atoms. The summed E-state index contributed by atoms with van der Waals surface area (Å²) in [5.41, 5.74) is 0.762. The summed E-state index contributed by atoms with van der Waals surface area (Å²) in [6.07, 6.45) is 3.24. The molecule has 4 nitrogen and oxygen atoms in total. The number of benzene rings is 1. The van der Waals surface area contributed by atoms with Crippen LogP contribution in [0.5, 0.6) is 0 Å². The Morgan fingerprint density at radius 3 is 2.63 bits per heavy atom. The molecule has 0 N–H and O–H groups in total. The largest absolute Gasteiger partial charge is 0.467 e. The van der Waals surface area contributed by atoms with Crippen molar-refractivity contribution in [2.45, 2.75) is 6.54 Å². The third kappa shape index (κ3) is 3.99. The Kier molecular flexibility index (Phi) is 5.14. The highest BCUT2D eigenvalue weighted by Gasteiger charge is 2.32. The van der Waals surface area contributed by atoms with Gasteiger partial charge in [0.25, 0.3) is 5.91 Å². The van der Waals surface area contributed by atoms with Crippen LogP contribution in [0, 0.1) is 0 Å². The second kappa shape index (κ2) is 7.56. The van der Waals surface area contributed by atoms with Crippen LogP contribution in [0.2, 0.25) is 10.0 Å². The van der Waals surface area contributed by atoms with Gasteiger partial charge in [-0.2, -0.15) is 0 Å². The zero-order valence-electron chi connectivity index (χ0n) is 13.6. The zero-order chi connectivity index (χ0) is 19.0. The van der Waals surface area contributed by atoms with Gasteiger partial charge in [0.05, 0.1) is 17.7 Å². The van der Waals surface area contributed by atoms with Crippen molar-refractivity contribution in [2.24, 2.45) is 0 Å². The van der Waals surface area contributed by atoms with Crippen LogP contribution in [0.3, 0.4) is 0 Å². The first-order chi connectivity index (χ1) is 13.0. The van der Waals surface area contributed by atoms with E-state index in [2.05, 4.69) is 0 Å². The van der Waals surface area contributed by atoms with Crippen molar-refractivity contribution in [1.29, 1.82) is 0 Å². The molecule has 0 unspecified atom stereocenters. The minimum Gasteiger partial charge on any atom is -0.467 e. The van der Waals surface area contributed by atoms with Crippen LogP contribution in [0.15, 0.2) is 62.5 Å². The van der Waals surface area contributed by atoms with Gasteiger partial charge in [0, 0.05) is 21.7 Å². The molecule has 0 radical (unpaired) electrons. The molecule has 1 aliphatic heterocycles. The van der Waals surface area contributed by atoms with Crippen LogP contribution in [0.1, 0.15) is 11.5 Å². The number of thioether (sulfide) groups is 1. The minimum absolute atomic E-state index is 0.176. The van der Waals surface area contributed by atoms with E-state index in [1.807, 2.05) is 0 Å². The lowest BCUT2D eigenvalue weighted by Crippen LogP contribution is -2.27. The number of thiocarbonyl (C=S) groups is 1. The van der Waals surface area contributed by atoms with Crippen LogP contribution in [-0.4, -0.2) is 15.1 Å². The highest BCUT2D eigenvalue weighted by molar-refractivity contribution is 8.26. The van der Waals surface area contributed by atoms with E-state index in [0.29, 0.717) is 43.1 Å². The third-order valence-corrected chi connectivity index (χ3v) is 5.63. The minimum atomic E-state index is -0.176. The van der Waals surface area contributed by atoms with Gasteiger partial charge < -0.3 is 8.83 Å². The molecule has 1 saturated heterocycles. The Balaban J connectivity index is 1.56. The Morgan fingerprint density at radius 2 is 1.93 bits per heavy atom. The fraction of sp³-hybridized carbons (Fsp3) is 0.0526. The van der Waals surface area contributed by atoms with Gasteiger partial charge in [-0.05, 0) is 42.5 Å². The summed E-state index contributed by atoms with van der Waals surface area (Å²) in [5, 5.41) is 1.04. The van der Waals surface area contributed by atoms with Gasteiger partial charge in [-0.1, -0.05) is 47.2 Å². The molecule has 1 amide bonds. The smallest absolute Gasteiger partial charge is 0.266 e. The zero-order valence-corrected chi connectivity index (χ0v) is 16.8. The van der Waals surface area contributed by atoms with E-state index in [1.54, 1.807) is 54.8 Å². The van der Waals surface area contributed by atoms with Gasteiger partial charge in [-0.15, -0.1) is 0 Å². The van der Waals surface area contributed by atoms with Crippen molar-refractivity contribution in [3.8, 4) is 11.3 Å². The summed E-state index contributed by atoms with van der Waals surface area (Å²) in [7, 11) is 0. The number of rotatable bonds is 4. The summed E-state index contributed by atoms with van der Waals surface area (Å²) < 4.78 is 11.6. The fourth-order valence-electron chi connectivity index (χ4n) is 2.61. The summed E-state index contributed by atoms with van der Waals surface area (Å²) in [6, 6.07) is 12.3. The summed E-state index contributed by atoms with van der Waals surface area (Å²) in [4.78, 5) is 14.6. The molecule has 4 rings (SSSR count). The number of furan rings is 2. The molecule has 1 aromatic carbocycles. The molecule has 0 aliphatic carbocycles. The molecule has 1 aliphatic rings. The molecular weight excluding hydrogens is 425 g/mol. The molecule has 0 spiro atoms. The number of carbonyl (C=O) groups excluding carboxylic acids is 1. The summed E-state index contributed by atoms with van der Waals surface area (Å²) in [6.45, 7) is 0.305. The first-order valence-electron chi connectivity index (χ1n) is 7.83. The molecule has 2 aromatic heterocycles. The Labute approximate surface area is 174 Å². The van der Waals surface area contributed by atoms with E-state index in [4.69, 9.17) is 44.3 Å². The highest BCUT2D eigenvalue weighted by atomic mass is 35.5. The molecule has 0 saturated carbocycles. The van der Waals surface area contributed by atoms with Gasteiger partial charge in [0.15, 0.2) is 0 Å². The van der Waals surface area contributed by atoms with Crippen LogP contribution < -0.4 is 0 Å². The predicted molar refractivity (Wildman–Crippen MR) is 112 cm³/mol. The van der Waals surface area contributed by atoms with Crippen LogP contribution in [0.25, 0.3) is 17.4 Å². The Morgan fingerprint density at radius 1 is 1.15 bits per heavy atom. The lowest BCUT2D eigenvalue weighted by atomic mass is 10.2. The number of hydrogen-bond donors (Lipinski definition) is 0. The Bertz CT molecular complexity index is 1040. The van der Waals surface area contributed by atoms with Crippen LogP contribution in [-0.2, 0) is 11.3 Å². The van der Waals surface area contributed by atoms with E-state index in [1.165, 1.54) is 16.7 Å². The standard InChI is InChI=1S/C19H11Cl2NO3S2/c20-12-6-11(7-13(21)8-12)16-4-3-14(25-16)9-17-18(23)22(19(26)27-17)10-15-2-1-5-24-15/h1-9H,10H2. The maximum absolute atomic E-state index is 12.6.